The van der Waals surface area contributed by atoms with Gasteiger partial charge < -0.3 is 4.98 Å². The van der Waals surface area contributed by atoms with Gasteiger partial charge in [-0.05, 0) is 39.9 Å². The van der Waals surface area contributed by atoms with Crippen LogP contribution in [0.4, 0.5) is 4.39 Å². The molecule has 223 valence electrons. The van der Waals surface area contributed by atoms with Gasteiger partial charge in [-0.1, -0.05) is 36.9 Å². The molecule has 43 heavy (non-hydrogen) atoms. The van der Waals surface area contributed by atoms with Crippen molar-refractivity contribution in [2.24, 2.45) is 0 Å². The Kier molecular flexibility index (Phi) is 9.84. The zero-order valence-corrected chi connectivity index (χ0v) is 30.9. The second kappa shape index (κ2) is 13.9. The summed E-state index contributed by atoms with van der Waals surface area (Å²) in [4.78, 5) is 9.10. The predicted octanol–water partition coefficient (Wildman–Crippen LogP) is 10.4. The van der Waals surface area contributed by atoms with E-state index in [0.717, 1.165) is 53.8 Å². The first-order valence-electron chi connectivity index (χ1n) is 15.1. The van der Waals surface area contributed by atoms with E-state index in [9.17, 15) is 4.39 Å². The van der Waals surface area contributed by atoms with Crippen LogP contribution >= 0.6 is 11.3 Å². The van der Waals surface area contributed by atoms with Gasteiger partial charge in [-0.3, -0.25) is 0 Å². The van der Waals surface area contributed by atoms with Gasteiger partial charge in [-0.15, -0.1) is 23.8 Å². The fourth-order valence-electron chi connectivity index (χ4n) is 4.95. The number of fused-ring (bicyclic) bond motifs is 3. The number of aromatic nitrogens is 2. The van der Waals surface area contributed by atoms with E-state index in [1.807, 2.05) is 88.5 Å². The van der Waals surface area contributed by atoms with Crippen molar-refractivity contribution >= 4 is 49.2 Å². The van der Waals surface area contributed by atoms with E-state index < -0.39 is 25.1 Å². The number of benzene rings is 3. The number of nitrogens with zero attached hydrogens (tertiary/aromatic N) is 2. The van der Waals surface area contributed by atoms with Crippen LogP contribution < -0.4 is 4.40 Å². The van der Waals surface area contributed by atoms with Gasteiger partial charge in [0.1, 0.15) is 5.82 Å². The summed E-state index contributed by atoms with van der Waals surface area (Å²) in [6.45, 7) is 7.63. The molecule has 0 bridgehead atoms. The second-order valence-corrected chi connectivity index (χ2v) is 23.5. The van der Waals surface area contributed by atoms with Crippen molar-refractivity contribution in [2.45, 2.75) is 56.8 Å². The Balaban J connectivity index is 0.000000204. The Morgan fingerprint density at radius 1 is 0.837 bits per heavy atom. The van der Waals surface area contributed by atoms with Gasteiger partial charge in [0.05, 0.1) is 0 Å². The van der Waals surface area contributed by atoms with Gasteiger partial charge in [-0.2, -0.15) is 11.3 Å². The molecule has 0 N–H and O–H groups in total. The minimum atomic E-state index is -2.03. The van der Waals surface area contributed by atoms with Gasteiger partial charge in [-0.25, -0.2) is 4.39 Å². The summed E-state index contributed by atoms with van der Waals surface area (Å²) in [7, 11) is 0. The minimum Gasteiger partial charge on any atom is -0.305 e. The maximum Gasteiger partial charge on any atom is 0.124 e. The van der Waals surface area contributed by atoms with E-state index in [-0.39, 0.29) is 25.9 Å². The molecule has 0 aliphatic heterocycles. The Hall–Kier alpha value is -2.70. The molecule has 0 saturated heterocycles. The van der Waals surface area contributed by atoms with E-state index in [1.165, 1.54) is 10.5 Å². The molecular weight excluding hydrogens is 788 g/mol. The van der Waals surface area contributed by atoms with Crippen LogP contribution in [-0.4, -0.2) is 23.2 Å². The van der Waals surface area contributed by atoms with E-state index in [1.54, 1.807) is 23.6 Å². The van der Waals surface area contributed by atoms with Crippen LogP contribution in [0.15, 0.2) is 85.2 Å². The molecule has 3 heterocycles. The maximum atomic E-state index is 13.5. The first-order chi connectivity index (χ1) is 20.6. The summed E-state index contributed by atoms with van der Waals surface area (Å²) in [6.07, 6.45) is 3.74. The van der Waals surface area contributed by atoms with Crippen LogP contribution in [0.5, 0.6) is 0 Å². The third-order valence-corrected chi connectivity index (χ3v) is 12.6. The smallest absolute Gasteiger partial charge is 0.124 e. The standard InChI is InChI=1S/C20H15FNS.C17H22GeN.Ir/c1-12(2)13-8-9-22-18(10-13)17-5-3-4-16-15-7-6-14(21)11-19(15)23-20(16)17;1-13(2)15-11-17(14-9-7-6-8-10-14)19-12-16(15)18(3,4)5;/h3-4,6-12H,1-2H3;6-9,11-13H,1-5H3;/q2*-1;/i12D;13D;. The van der Waals surface area contributed by atoms with Crippen LogP contribution in [0.3, 0.4) is 0 Å². The topological polar surface area (TPSA) is 25.8 Å². The van der Waals surface area contributed by atoms with Crippen LogP contribution in [0.1, 0.15) is 53.4 Å². The van der Waals surface area contributed by atoms with E-state index in [0.29, 0.717) is 0 Å². The molecule has 0 atom stereocenters. The Morgan fingerprint density at radius 3 is 2.30 bits per heavy atom. The van der Waals surface area contributed by atoms with Crippen molar-refractivity contribution in [2.75, 3.05) is 0 Å². The van der Waals surface area contributed by atoms with Crippen LogP contribution in [-0.2, 0) is 20.1 Å². The molecule has 0 amide bonds. The Bertz CT molecular complexity index is 1940. The van der Waals surface area contributed by atoms with E-state index in [4.69, 9.17) is 2.74 Å². The van der Waals surface area contributed by atoms with Crippen molar-refractivity contribution in [3.05, 3.63) is 114 Å². The maximum absolute atomic E-state index is 13.5. The van der Waals surface area contributed by atoms with Gasteiger partial charge in [0.25, 0.3) is 0 Å². The third kappa shape index (κ3) is 7.52. The number of rotatable bonds is 5. The Labute approximate surface area is 278 Å². The molecule has 3 aromatic carbocycles. The van der Waals surface area contributed by atoms with Crippen molar-refractivity contribution in [1.82, 2.24) is 9.97 Å². The largest absolute Gasteiger partial charge is 0.305 e. The molecule has 0 unspecified atom stereocenters. The molecular formula is C37H37FGeIrN2S-2. The zero-order valence-electron chi connectivity index (χ0n) is 27.6. The predicted molar refractivity (Wildman–Crippen MR) is 181 cm³/mol. The van der Waals surface area contributed by atoms with Crippen molar-refractivity contribution in [1.29, 1.82) is 0 Å². The summed E-state index contributed by atoms with van der Waals surface area (Å²) in [5.41, 5.74) is 5.63. The van der Waals surface area contributed by atoms with Crippen molar-refractivity contribution < 1.29 is 27.2 Å². The normalized spacial score (nSPS) is 12.7. The van der Waals surface area contributed by atoms with Crippen LogP contribution in [0, 0.1) is 17.9 Å². The van der Waals surface area contributed by atoms with Gasteiger partial charge in [0.2, 0.25) is 0 Å². The van der Waals surface area contributed by atoms with Crippen LogP contribution in [0.25, 0.3) is 42.7 Å². The third-order valence-electron chi connectivity index (χ3n) is 7.22. The number of hydrogen-bond donors (Lipinski definition) is 0. The molecule has 6 aromatic rings. The SMILES string of the molecule is [2H]C(C)(C)c1cc(-c2[c-]cccc2)nc[c]1[Ge]([CH3])([CH3])[CH3].[2H]C(C)(C)c1ccnc(-c2[c-]ccc3c2sc2cc(F)ccc23)c1.[Ir]. The van der Waals surface area contributed by atoms with Gasteiger partial charge in [0.15, 0.2) is 0 Å². The van der Waals surface area contributed by atoms with Crippen molar-refractivity contribution in [3.63, 3.8) is 0 Å². The molecule has 0 saturated carbocycles. The molecule has 3 aromatic heterocycles. The molecule has 0 aliphatic rings. The monoisotopic (exact) mass is 829 g/mol. The number of halogens is 1. The average molecular weight is 828 g/mol. The molecule has 1 radical (unpaired) electrons. The summed E-state index contributed by atoms with van der Waals surface area (Å²) < 4.78 is 33.5. The molecule has 0 spiro atoms. The molecule has 6 heteroatoms. The summed E-state index contributed by atoms with van der Waals surface area (Å²) in [5.74, 6) is 5.53. The zero-order chi connectivity index (χ0) is 31.9. The van der Waals surface area contributed by atoms with E-state index >= 15 is 0 Å². The summed E-state index contributed by atoms with van der Waals surface area (Å²) in [5, 5.41) is 2.13. The molecule has 0 aliphatic carbocycles. The number of hydrogen-bond acceptors (Lipinski definition) is 3. The van der Waals surface area contributed by atoms with Crippen molar-refractivity contribution in [3.8, 4) is 22.5 Å². The number of thiophene rings is 1. The van der Waals surface area contributed by atoms with Gasteiger partial charge in [0, 0.05) is 32.4 Å². The average Bonchev–Trinajstić information content (AvgIpc) is 3.34. The number of pyridine rings is 2. The van der Waals surface area contributed by atoms with Crippen LogP contribution in [0.2, 0.25) is 17.3 Å². The molecule has 6 rings (SSSR count). The fraction of sp³-hybridized carbons (Fsp3) is 0.243. The summed E-state index contributed by atoms with van der Waals surface area (Å²) >= 11 is -0.473. The molecule has 2 nitrogen and oxygen atoms in total. The Morgan fingerprint density at radius 2 is 1.63 bits per heavy atom. The first kappa shape index (κ1) is 30.3. The minimum absolute atomic E-state index is 0. The quantitative estimate of drug-likeness (QED) is 0.128. The first-order valence-corrected chi connectivity index (χ1v) is 22.3. The fourth-order valence-corrected chi connectivity index (χ4v) is 9.50. The van der Waals surface area contributed by atoms with E-state index in [2.05, 4.69) is 45.4 Å². The van der Waals surface area contributed by atoms with Gasteiger partial charge >= 0.3 is 120 Å². The summed E-state index contributed by atoms with van der Waals surface area (Å²) in [6, 6.07) is 29.0. The molecule has 0 fully saturated rings. The second-order valence-electron chi connectivity index (χ2n) is 11.9.